The predicted octanol–water partition coefficient (Wildman–Crippen LogP) is 3.54. The smallest absolute Gasteiger partial charge is 0.253 e. The number of carbonyl (C=O) groups is 1. The molecule has 0 spiro atoms. The quantitative estimate of drug-likeness (QED) is 0.838. The molecule has 92 valence electrons. The fourth-order valence-electron chi connectivity index (χ4n) is 2.03. The van der Waals surface area contributed by atoms with Crippen molar-refractivity contribution in [3.05, 3.63) is 34.3 Å². The van der Waals surface area contributed by atoms with Gasteiger partial charge in [-0.25, -0.2) is 0 Å². The van der Waals surface area contributed by atoms with Crippen molar-refractivity contribution in [1.29, 1.82) is 0 Å². The van der Waals surface area contributed by atoms with Gasteiger partial charge in [0.05, 0.1) is 16.1 Å². The van der Waals surface area contributed by atoms with Gasteiger partial charge in [0.1, 0.15) is 0 Å². The van der Waals surface area contributed by atoms with Crippen LogP contribution in [0.2, 0.25) is 5.02 Å². The van der Waals surface area contributed by atoms with Gasteiger partial charge in [-0.1, -0.05) is 23.7 Å². The van der Waals surface area contributed by atoms with E-state index in [1.54, 1.807) is 6.07 Å². The third-order valence-corrected chi connectivity index (χ3v) is 4.39. The molecular weight excluding hydrogens is 257 g/mol. The zero-order chi connectivity index (χ0) is 12.5. The summed E-state index contributed by atoms with van der Waals surface area (Å²) in [4.78, 5) is 12.1. The normalized spacial score (nSPS) is 17.4. The minimum absolute atomic E-state index is 0.126. The molecule has 1 aromatic rings. The lowest BCUT2D eigenvalue weighted by atomic mass is 9.78. The number of halogens is 2. The molecule has 1 amide bonds. The van der Waals surface area contributed by atoms with E-state index in [1.807, 2.05) is 19.1 Å². The Balaban J connectivity index is 2.17. The molecule has 17 heavy (non-hydrogen) atoms. The summed E-state index contributed by atoms with van der Waals surface area (Å²) in [5.41, 5.74) is 1.22. The summed E-state index contributed by atoms with van der Waals surface area (Å²) in [7, 11) is 0. The van der Waals surface area contributed by atoms with Crippen molar-refractivity contribution in [2.45, 2.75) is 31.7 Å². The molecule has 0 radical (unpaired) electrons. The van der Waals surface area contributed by atoms with Gasteiger partial charge in [-0.2, -0.15) is 0 Å². The lowest BCUT2D eigenvalue weighted by Gasteiger charge is -2.41. The van der Waals surface area contributed by atoms with E-state index >= 15 is 0 Å². The van der Waals surface area contributed by atoms with Gasteiger partial charge in [0.25, 0.3) is 5.91 Å². The summed E-state index contributed by atoms with van der Waals surface area (Å²) in [5, 5.41) is 3.53. The van der Waals surface area contributed by atoms with Crippen molar-refractivity contribution < 1.29 is 4.79 Å². The van der Waals surface area contributed by atoms with Crippen molar-refractivity contribution in [1.82, 2.24) is 5.32 Å². The number of carbonyl (C=O) groups excluding carboxylic acids is 1. The van der Waals surface area contributed by atoms with Crippen LogP contribution < -0.4 is 5.32 Å². The number of aryl methyl sites for hydroxylation is 1. The minimum atomic E-state index is -0.217. The molecule has 2 nitrogen and oxygen atoms in total. The van der Waals surface area contributed by atoms with Crippen LogP contribution in [0.25, 0.3) is 0 Å². The van der Waals surface area contributed by atoms with Crippen LogP contribution in [0.1, 0.15) is 35.2 Å². The van der Waals surface area contributed by atoms with Crippen molar-refractivity contribution in [2.75, 3.05) is 5.88 Å². The molecule has 0 aromatic heterocycles. The lowest BCUT2D eigenvalue weighted by Crippen LogP contribution is -2.55. The number of rotatable bonds is 3. The monoisotopic (exact) mass is 271 g/mol. The fourth-order valence-corrected chi connectivity index (χ4v) is 2.57. The third kappa shape index (κ3) is 2.43. The zero-order valence-corrected chi connectivity index (χ0v) is 11.2. The molecule has 0 atom stereocenters. The first kappa shape index (κ1) is 12.7. The van der Waals surface area contributed by atoms with Gasteiger partial charge in [-0.3, -0.25) is 4.79 Å². The molecule has 0 bridgehead atoms. The number of nitrogens with one attached hydrogen (secondary N) is 1. The van der Waals surface area contributed by atoms with Gasteiger partial charge in [-0.15, -0.1) is 11.6 Å². The Morgan fingerprint density at radius 2 is 2.18 bits per heavy atom. The van der Waals surface area contributed by atoms with Crippen LogP contribution in [0, 0.1) is 6.92 Å². The molecule has 1 saturated carbocycles. The minimum Gasteiger partial charge on any atom is -0.345 e. The number of benzene rings is 1. The molecule has 0 unspecified atom stereocenters. The highest BCUT2D eigenvalue weighted by Gasteiger charge is 2.37. The molecule has 1 aromatic carbocycles. The summed E-state index contributed by atoms with van der Waals surface area (Å²) in [6.07, 6.45) is 3.02. The number of hydrogen-bond acceptors (Lipinski definition) is 1. The maximum Gasteiger partial charge on any atom is 0.253 e. The van der Waals surface area contributed by atoms with Gasteiger partial charge in [0.15, 0.2) is 0 Å². The zero-order valence-electron chi connectivity index (χ0n) is 9.72. The highest BCUT2D eigenvalue weighted by atomic mass is 35.5. The molecule has 0 heterocycles. The van der Waals surface area contributed by atoms with Crippen LogP contribution in [0.4, 0.5) is 0 Å². The van der Waals surface area contributed by atoms with Crippen molar-refractivity contribution in [3.63, 3.8) is 0 Å². The van der Waals surface area contributed by atoms with E-state index in [9.17, 15) is 4.79 Å². The average Bonchev–Trinajstić information content (AvgIpc) is 2.27. The Bertz CT molecular complexity index is 436. The van der Waals surface area contributed by atoms with Gasteiger partial charge in [0, 0.05) is 5.88 Å². The number of alkyl halides is 1. The second-order valence-corrected chi connectivity index (χ2v) is 5.30. The van der Waals surface area contributed by atoms with Crippen LogP contribution in [0.15, 0.2) is 18.2 Å². The van der Waals surface area contributed by atoms with E-state index in [1.165, 1.54) is 0 Å². The predicted molar refractivity (Wildman–Crippen MR) is 71.0 cm³/mol. The molecule has 1 aliphatic carbocycles. The average molecular weight is 272 g/mol. The molecule has 2 rings (SSSR count). The van der Waals surface area contributed by atoms with E-state index in [2.05, 4.69) is 5.32 Å². The molecule has 1 fully saturated rings. The molecule has 0 aliphatic heterocycles. The Labute approximate surface area is 111 Å². The number of amides is 1. The van der Waals surface area contributed by atoms with E-state index in [0.717, 1.165) is 24.8 Å². The van der Waals surface area contributed by atoms with Gasteiger partial charge in [0.2, 0.25) is 0 Å². The third-order valence-electron chi connectivity index (χ3n) is 3.38. The van der Waals surface area contributed by atoms with Gasteiger partial charge >= 0.3 is 0 Å². The molecule has 4 heteroatoms. The maximum absolute atomic E-state index is 12.1. The highest BCUT2D eigenvalue weighted by Crippen LogP contribution is 2.33. The largest absolute Gasteiger partial charge is 0.345 e. The Kier molecular flexibility index (Phi) is 3.64. The van der Waals surface area contributed by atoms with Crippen molar-refractivity contribution >= 4 is 29.1 Å². The number of hydrogen-bond donors (Lipinski definition) is 1. The van der Waals surface area contributed by atoms with E-state index in [0.29, 0.717) is 16.5 Å². The summed E-state index contributed by atoms with van der Waals surface area (Å²) in [6, 6.07) is 5.47. The molecular formula is C13H15Cl2NO. The fraction of sp³-hybridized carbons (Fsp3) is 0.462. The van der Waals surface area contributed by atoms with Crippen molar-refractivity contribution in [2.24, 2.45) is 0 Å². The lowest BCUT2D eigenvalue weighted by molar-refractivity contribution is 0.0854. The van der Waals surface area contributed by atoms with Gasteiger partial charge < -0.3 is 5.32 Å². The topological polar surface area (TPSA) is 29.1 Å². The molecule has 1 aliphatic rings. The molecule has 0 saturated heterocycles. The maximum atomic E-state index is 12.1. The SMILES string of the molecule is Cc1cccc(C(=O)NC2(CCl)CCC2)c1Cl. The Morgan fingerprint density at radius 3 is 2.71 bits per heavy atom. The summed E-state index contributed by atoms with van der Waals surface area (Å²) < 4.78 is 0. The summed E-state index contributed by atoms with van der Waals surface area (Å²) >= 11 is 12.0. The van der Waals surface area contributed by atoms with Crippen LogP contribution in [-0.4, -0.2) is 17.3 Å². The Hall–Kier alpha value is -0.730. The van der Waals surface area contributed by atoms with Crippen molar-refractivity contribution in [3.8, 4) is 0 Å². The first-order valence-corrected chi connectivity index (χ1v) is 6.63. The Morgan fingerprint density at radius 1 is 1.47 bits per heavy atom. The second kappa shape index (κ2) is 4.87. The van der Waals surface area contributed by atoms with Gasteiger partial charge in [-0.05, 0) is 37.8 Å². The van der Waals surface area contributed by atoms with Crippen LogP contribution in [-0.2, 0) is 0 Å². The van der Waals surface area contributed by atoms with E-state index in [-0.39, 0.29) is 11.4 Å². The summed E-state index contributed by atoms with van der Waals surface area (Å²) in [5.74, 6) is 0.335. The second-order valence-electron chi connectivity index (χ2n) is 4.66. The first-order chi connectivity index (χ1) is 8.08. The van der Waals surface area contributed by atoms with E-state index < -0.39 is 0 Å². The van der Waals surface area contributed by atoms with Crippen LogP contribution in [0.5, 0.6) is 0 Å². The van der Waals surface area contributed by atoms with E-state index in [4.69, 9.17) is 23.2 Å². The standard InChI is InChI=1S/C13H15Cl2NO/c1-9-4-2-5-10(11(9)15)12(17)16-13(8-14)6-3-7-13/h2,4-5H,3,6-8H2,1H3,(H,16,17). The first-order valence-electron chi connectivity index (χ1n) is 5.72. The highest BCUT2D eigenvalue weighted by molar-refractivity contribution is 6.34. The van der Waals surface area contributed by atoms with Crippen LogP contribution in [0.3, 0.4) is 0 Å². The van der Waals surface area contributed by atoms with Crippen LogP contribution >= 0.6 is 23.2 Å². The molecule has 1 N–H and O–H groups in total. The summed E-state index contributed by atoms with van der Waals surface area (Å²) in [6.45, 7) is 1.89.